The van der Waals surface area contributed by atoms with Gasteiger partial charge in [0.1, 0.15) is 0 Å². The van der Waals surface area contributed by atoms with Gasteiger partial charge < -0.3 is 29.4 Å². The molecule has 1 aliphatic rings. The normalized spacial score (nSPS) is 13.2. The molecule has 9 nitrogen and oxygen atoms in total. The quantitative estimate of drug-likeness (QED) is 0.390. The third-order valence-corrected chi connectivity index (χ3v) is 7.28. The van der Waals surface area contributed by atoms with Crippen molar-refractivity contribution in [1.82, 2.24) is 0 Å². The summed E-state index contributed by atoms with van der Waals surface area (Å²) in [5, 5.41) is 0. The molecule has 0 aromatic heterocycles. The van der Waals surface area contributed by atoms with Gasteiger partial charge in [0.25, 0.3) is 0 Å². The van der Waals surface area contributed by atoms with Crippen LogP contribution in [0.5, 0.6) is 0 Å². The SMILES string of the molecule is Cc1cc(N(C)C=O)ccc1N1CN(c2ccc(N(C)C=O)cc2C)CN(c2ccc(N(C)C=O)cc2C)C1. The molecule has 0 bridgehead atoms. The van der Waals surface area contributed by atoms with Crippen LogP contribution in [-0.2, 0) is 14.4 Å². The molecule has 0 N–H and O–H groups in total. The Kier molecular flexibility index (Phi) is 8.09. The van der Waals surface area contributed by atoms with Crippen molar-refractivity contribution in [1.29, 1.82) is 0 Å². The molecule has 0 saturated carbocycles. The Bertz CT molecular complexity index is 1210. The van der Waals surface area contributed by atoms with E-state index in [4.69, 9.17) is 0 Å². The second-order valence-electron chi connectivity index (χ2n) is 10.1. The summed E-state index contributed by atoms with van der Waals surface area (Å²) in [5.74, 6) is 0. The first-order valence-corrected chi connectivity index (χ1v) is 12.8. The maximum absolute atomic E-state index is 11.3. The maximum atomic E-state index is 11.3. The van der Waals surface area contributed by atoms with E-state index in [1.807, 2.05) is 36.4 Å². The van der Waals surface area contributed by atoms with Crippen molar-refractivity contribution >= 4 is 53.4 Å². The molecule has 3 aromatic rings. The molecule has 4 rings (SSSR count). The van der Waals surface area contributed by atoms with Crippen LogP contribution in [0.1, 0.15) is 16.7 Å². The van der Waals surface area contributed by atoms with E-state index >= 15 is 0 Å². The topological polar surface area (TPSA) is 70.7 Å². The van der Waals surface area contributed by atoms with Crippen molar-refractivity contribution in [2.24, 2.45) is 0 Å². The lowest BCUT2D eigenvalue weighted by atomic mass is 10.1. The predicted octanol–water partition coefficient (Wildman–Crippen LogP) is 4.10. The van der Waals surface area contributed by atoms with Gasteiger partial charge in [-0.2, -0.15) is 0 Å². The zero-order valence-corrected chi connectivity index (χ0v) is 23.5. The Morgan fingerprint density at radius 2 is 0.769 bits per heavy atom. The number of anilines is 6. The summed E-state index contributed by atoms with van der Waals surface area (Å²) < 4.78 is 0. The number of benzene rings is 3. The lowest BCUT2D eigenvalue weighted by molar-refractivity contribution is -0.107. The molecule has 39 heavy (non-hydrogen) atoms. The van der Waals surface area contributed by atoms with Crippen LogP contribution >= 0.6 is 0 Å². The number of aryl methyl sites for hydroxylation is 3. The number of nitrogens with zero attached hydrogens (tertiary/aromatic N) is 6. The van der Waals surface area contributed by atoms with Crippen molar-refractivity contribution < 1.29 is 14.4 Å². The standard InChI is InChI=1S/C30H36N6O3/c1-22-13-25(31(4)19-37)7-10-28(22)34-16-35(29-11-8-26(14-23(29)2)32(5)20-38)18-36(17-34)30-12-9-27(15-24(30)3)33(6)21-39/h7-15,19-21H,16-18H2,1-6H3. The lowest BCUT2D eigenvalue weighted by Gasteiger charge is -2.46. The number of rotatable bonds is 9. The van der Waals surface area contributed by atoms with E-state index in [0.29, 0.717) is 20.0 Å². The largest absolute Gasteiger partial charge is 0.336 e. The third-order valence-electron chi connectivity index (χ3n) is 7.28. The summed E-state index contributed by atoms with van der Waals surface area (Å²) in [6.45, 7) is 8.17. The molecule has 9 heteroatoms. The van der Waals surface area contributed by atoms with Crippen molar-refractivity contribution in [3.8, 4) is 0 Å². The smallest absolute Gasteiger partial charge is 0.213 e. The summed E-state index contributed by atoms with van der Waals surface area (Å²) in [6.07, 6.45) is 2.42. The minimum Gasteiger partial charge on any atom is -0.336 e. The first kappa shape index (κ1) is 27.5. The van der Waals surface area contributed by atoms with Gasteiger partial charge in [0.15, 0.2) is 0 Å². The van der Waals surface area contributed by atoms with E-state index in [1.165, 1.54) is 0 Å². The zero-order chi connectivity index (χ0) is 28.3. The van der Waals surface area contributed by atoms with Gasteiger partial charge in [-0.25, -0.2) is 0 Å². The van der Waals surface area contributed by atoms with Crippen molar-refractivity contribution in [2.45, 2.75) is 20.8 Å². The molecule has 0 aliphatic carbocycles. The summed E-state index contributed by atoms with van der Waals surface area (Å²) >= 11 is 0. The van der Waals surface area contributed by atoms with Crippen molar-refractivity contribution in [3.63, 3.8) is 0 Å². The lowest BCUT2D eigenvalue weighted by Crippen LogP contribution is -2.56. The van der Waals surface area contributed by atoms with Crippen molar-refractivity contribution in [3.05, 3.63) is 71.3 Å². The fourth-order valence-electron chi connectivity index (χ4n) is 5.03. The molecule has 1 fully saturated rings. The van der Waals surface area contributed by atoms with Crippen LogP contribution in [0, 0.1) is 20.8 Å². The maximum Gasteiger partial charge on any atom is 0.213 e. The van der Waals surface area contributed by atoms with Crippen LogP contribution in [0.2, 0.25) is 0 Å². The third kappa shape index (κ3) is 5.67. The van der Waals surface area contributed by atoms with Gasteiger partial charge in [-0.1, -0.05) is 0 Å². The van der Waals surface area contributed by atoms with Crippen LogP contribution < -0.4 is 29.4 Å². The molecule has 1 saturated heterocycles. The molecule has 3 aromatic carbocycles. The monoisotopic (exact) mass is 528 g/mol. The number of carbonyl (C=O) groups excluding carboxylic acids is 3. The van der Waals surface area contributed by atoms with E-state index in [1.54, 1.807) is 35.8 Å². The predicted molar refractivity (Wildman–Crippen MR) is 159 cm³/mol. The summed E-state index contributed by atoms with van der Waals surface area (Å²) in [4.78, 5) is 45.5. The van der Waals surface area contributed by atoms with E-state index in [2.05, 4.69) is 53.7 Å². The summed E-state index contributed by atoms with van der Waals surface area (Å²) in [6, 6.07) is 18.2. The first-order chi connectivity index (χ1) is 18.7. The Hall–Kier alpha value is -4.53. The minimum atomic E-state index is 0.662. The van der Waals surface area contributed by atoms with Crippen LogP contribution in [0.15, 0.2) is 54.6 Å². The van der Waals surface area contributed by atoms with Gasteiger partial charge in [-0.15, -0.1) is 0 Å². The van der Waals surface area contributed by atoms with Crippen LogP contribution in [-0.4, -0.2) is 60.4 Å². The van der Waals surface area contributed by atoms with Crippen LogP contribution in [0.3, 0.4) is 0 Å². The Labute approximate surface area is 230 Å². The minimum absolute atomic E-state index is 0.662. The highest BCUT2D eigenvalue weighted by Gasteiger charge is 2.27. The van der Waals surface area contributed by atoms with Gasteiger partial charge in [0.2, 0.25) is 19.2 Å². The van der Waals surface area contributed by atoms with E-state index in [9.17, 15) is 14.4 Å². The number of carbonyl (C=O) groups is 3. The average Bonchev–Trinajstić information content (AvgIpc) is 2.95. The van der Waals surface area contributed by atoms with Crippen LogP contribution in [0.25, 0.3) is 0 Å². The van der Waals surface area contributed by atoms with Gasteiger partial charge in [0.05, 0.1) is 20.0 Å². The fraction of sp³-hybridized carbons (Fsp3) is 0.300. The Balaban J connectivity index is 1.74. The number of hydrogen-bond acceptors (Lipinski definition) is 6. The molecular weight excluding hydrogens is 492 g/mol. The van der Waals surface area contributed by atoms with E-state index < -0.39 is 0 Å². The van der Waals surface area contributed by atoms with Gasteiger partial charge >= 0.3 is 0 Å². The van der Waals surface area contributed by atoms with Crippen molar-refractivity contribution in [2.75, 3.05) is 70.5 Å². The molecule has 0 radical (unpaired) electrons. The molecular formula is C30H36N6O3. The number of hydrogen-bond donors (Lipinski definition) is 0. The molecule has 204 valence electrons. The molecule has 3 amide bonds. The second-order valence-corrected chi connectivity index (χ2v) is 10.1. The fourth-order valence-corrected chi connectivity index (χ4v) is 5.03. The molecule has 1 heterocycles. The van der Waals surface area contributed by atoms with Gasteiger partial charge in [-0.05, 0) is 92.1 Å². The first-order valence-electron chi connectivity index (χ1n) is 12.8. The van der Waals surface area contributed by atoms with E-state index in [-0.39, 0.29) is 0 Å². The highest BCUT2D eigenvalue weighted by atomic mass is 16.1. The van der Waals surface area contributed by atoms with Gasteiger partial charge in [0, 0.05) is 55.3 Å². The summed E-state index contributed by atoms with van der Waals surface area (Å²) in [5.41, 5.74) is 8.98. The highest BCUT2D eigenvalue weighted by molar-refractivity contribution is 5.79. The van der Waals surface area contributed by atoms with E-state index in [0.717, 1.165) is 70.0 Å². The molecule has 0 unspecified atom stereocenters. The van der Waals surface area contributed by atoms with Gasteiger partial charge in [-0.3, -0.25) is 14.4 Å². The zero-order valence-electron chi connectivity index (χ0n) is 23.5. The Morgan fingerprint density at radius 1 is 0.513 bits per heavy atom. The average molecular weight is 529 g/mol. The summed E-state index contributed by atoms with van der Waals surface area (Å²) in [7, 11) is 5.23. The highest BCUT2D eigenvalue weighted by Crippen LogP contribution is 2.34. The molecule has 0 atom stereocenters. The number of amides is 3. The molecule has 0 spiro atoms. The second kappa shape index (κ2) is 11.5. The Morgan fingerprint density at radius 3 is 0.974 bits per heavy atom. The molecule has 1 aliphatic heterocycles. The van der Waals surface area contributed by atoms with Crippen LogP contribution in [0.4, 0.5) is 34.1 Å².